The number of benzene rings is 5. The Bertz CT molecular complexity index is 2590. The smallest absolute Gasteiger partial charge is 0.305 e. The summed E-state index contributed by atoms with van der Waals surface area (Å²) in [6, 6.07) is 16.4. The van der Waals surface area contributed by atoms with Gasteiger partial charge >= 0.3 is 5.97 Å². The van der Waals surface area contributed by atoms with Gasteiger partial charge in [0.1, 0.15) is 0 Å². The van der Waals surface area contributed by atoms with Gasteiger partial charge in [0, 0.05) is 22.7 Å². The van der Waals surface area contributed by atoms with Crippen LogP contribution in [0.1, 0.15) is 87.4 Å². The molecule has 1 saturated carbocycles. The van der Waals surface area contributed by atoms with Crippen LogP contribution in [0, 0.1) is 12.3 Å². The van der Waals surface area contributed by atoms with Gasteiger partial charge in [-0.05, 0) is 143 Å². The summed E-state index contributed by atoms with van der Waals surface area (Å²) in [5.74, 6) is -0.116. The van der Waals surface area contributed by atoms with Gasteiger partial charge in [0.05, 0.1) is 7.11 Å². The van der Waals surface area contributed by atoms with Crippen LogP contribution in [-0.4, -0.2) is 13.1 Å². The van der Waals surface area contributed by atoms with E-state index in [9.17, 15) is 4.79 Å². The van der Waals surface area contributed by atoms with Crippen LogP contribution in [0.5, 0.6) is 0 Å². The van der Waals surface area contributed by atoms with Crippen LogP contribution >= 0.6 is 0 Å². The largest absolute Gasteiger partial charge is 0.469 e. The van der Waals surface area contributed by atoms with Crippen LogP contribution in [0.25, 0.3) is 55.1 Å². The monoisotopic (exact) mass is 592 g/mol. The van der Waals surface area contributed by atoms with Gasteiger partial charge in [-0.3, -0.25) is 4.79 Å². The number of methoxy groups -OCH3 is 1. The predicted octanol–water partition coefficient (Wildman–Crippen LogP) is 9.65. The molecule has 7 aliphatic rings. The highest BCUT2D eigenvalue weighted by molar-refractivity contribution is 6.38. The number of carbonyl (C=O) groups excluding carboxylic acids is 1. The van der Waals surface area contributed by atoms with Crippen LogP contribution in [0.2, 0.25) is 0 Å². The maximum atomic E-state index is 12.5. The Balaban J connectivity index is 1.34. The zero-order chi connectivity index (χ0) is 30.6. The molecule has 2 bridgehead atoms. The van der Waals surface area contributed by atoms with E-state index in [1.807, 2.05) is 0 Å². The summed E-state index contributed by atoms with van der Waals surface area (Å²) >= 11 is 0. The van der Waals surface area contributed by atoms with E-state index in [1.54, 1.807) is 11.1 Å². The second-order valence-corrected chi connectivity index (χ2v) is 15.2. The summed E-state index contributed by atoms with van der Waals surface area (Å²) in [4.78, 5) is 12.5. The van der Waals surface area contributed by atoms with Crippen LogP contribution in [0.4, 0.5) is 0 Å². The van der Waals surface area contributed by atoms with Crippen molar-refractivity contribution < 1.29 is 9.53 Å². The second-order valence-electron chi connectivity index (χ2n) is 15.2. The van der Waals surface area contributed by atoms with E-state index in [4.69, 9.17) is 11.3 Å². The third-order valence-electron chi connectivity index (χ3n) is 13.8. The first-order chi connectivity index (χ1) is 22.4. The maximum absolute atomic E-state index is 12.5. The van der Waals surface area contributed by atoms with Crippen molar-refractivity contribution in [3.63, 3.8) is 0 Å². The molecular formula is C44H32O2. The van der Waals surface area contributed by atoms with Crippen molar-refractivity contribution in [1.82, 2.24) is 0 Å². The number of allylic oxidation sites excluding steroid dienone is 5. The van der Waals surface area contributed by atoms with Crippen molar-refractivity contribution in [3.8, 4) is 0 Å². The number of carbonyl (C=O) groups is 1. The lowest BCUT2D eigenvalue weighted by atomic mass is 9.72. The molecular weight excluding hydrogens is 560 g/mol. The molecule has 1 spiro atoms. The highest BCUT2D eigenvalue weighted by Gasteiger charge is 2.87. The zero-order valence-corrected chi connectivity index (χ0v) is 26.4. The van der Waals surface area contributed by atoms with Gasteiger partial charge in [-0.1, -0.05) is 80.3 Å². The van der Waals surface area contributed by atoms with Crippen molar-refractivity contribution in [2.75, 3.05) is 7.11 Å². The van der Waals surface area contributed by atoms with Gasteiger partial charge < -0.3 is 4.74 Å². The summed E-state index contributed by atoms with van der Waals surface area (Å²) < 4.78 is 5.16. The Morgan fingerprint density at radius 2 is 1.61 bits per heavy atom. The van der Waals surface area contributed by atoms with Gasteiger partial charge in [0.25, 0.3) is 0 Å². The first-order valence-electron chi connectivity index (χ1n) is 16.9. The van der Waals surface area contributed by atoms with Gasteiger partial charge in [-0.15, -0.1) is 0 Å². The molecule has 0 heterocycles. The van der Waals surface area contributed by atoms with Crippen molar-refractivity contribution >= 4 is 61.1 Å². The van der Waals surface area contributed by atoms with E-state index in [-0.39, 0.29) is 22.2 Å². The Kier molecular flexibility index (Phi) is 3.82. The molecule has 12 rings (SSSR count). The minimum absolute atomic E-state index is 0.116. The molecule has 5 aromatic carbocycles. The SMILES string of the molecule is C=C1c2c3cc4c5c6c7c8c9c(c(C)cc%10c9c(c1c8c25)/C(=C\C=C/3)C%10)C71C(C)(C=C6C4)C1(CCCC(=O)OC)c1ccccc1. The quantitative estimate of drug-likeness (QED) is 0.147. The average Bonchev–Trinajstić information content (AvgIpc) is 3.58. The maximum Gasteiger partial charge on any atom is 0.305 e. The number of hydrogen-bond acceptors (Lipinski definition) is 2. The molecule has 2 nitrogen and oxygen atoms in total. The normalized spacial score (nSPS) is 28.6. The minimum Gasteiger partial charge on any atom is -0.469 e. The molecule has 7 aliphatic carbocycles. The fraction of sp³-hybridized carbons (Fsp3) is 0.250. The van der Waals surface area contributed by atoms with Crippen LogP contribution < -0.4 is 0 Å². The van der Waals surface area contributed by atoms with E-state index < -0.39 is 0 Å². The van der Waals surface area contributed by atoms with Gasteiger partial charge in [0.2, 0.25) is 0 Å². The fourth-order valence-electron chi connectivity index (χ4n) is 12.7. The van der Waals surface area contributed by atoms with Crippen molar-refractivity contribution in [2.45, 2.75) is 56.8 Å². The van der Waals surface area contributed by atoms with Gasteiger partial charge in [-0.25, -0.2) is 0 Å². The van der Waals surface area contributed by atoms with E-state index >= 15 is 0 Å². The fourth-order valence-corrected chi connectivity index (χ4v) is 12.7. The molecule has 0 aromatic heterocycles. The average molecular weight is 593 g/mol. The highest BCUT2D eigenvalue weighted by atomic mass is 16.5. The Hall–Kier alpha value is -4.69. The van der Waals surface area contributed by atoms with E-state index in [0.717, 1.165) is 25.7 Å². The molecule has 1 fully saturated rings. The minimum atomic E-state index is -0.208. The lowest BCUT2D eigenvalue weighted by Gasteiger charge is -2.29. The Labute approximate surface area is 267 Å². The molecule has 3 atom stereocenters. The molecule has 0 N–H and O–H groups in total. The van der Waals surface area contributed by atoms with Crippen molar-refractivity contribution in [2.24, 2.45) is 5.41 Å². The zero-order valence-electron chi connectivity index (χ0n) is 26.4. The van der Waals surface area contributed by atoms with Crippen molar-refractivity contribution in [1.29, 1.82) is 0 Å². The molecule has 2 heteroatoms. The van der Waals surface area contributed by atoms with E-state index in [0.29, 0.717) is 6.42 Å². The summed E-state index contributed by atoms with van der Waals surface area (Å²) in [6.07, 6.45) is 13.9. The molecule has 0 aliphatic heterocycles. The summed E-state index contributed by atoms with van der Waals surface area (Å²) in [5.41, 5.74) is 19.6. The number of aryl methyl sites for hydroxylation is 1. The van der Waals surface area contributed by atoms with E-state index in [1.165, 1.54) is 106 Å². The lowest BCUT2D eigenvalue weighted by molar-refractivity contribution is -0.140. The summed E-state index contributed by atoms with van der Waals surface area (Å²) in [5, 5.41) is 8.97. The van der Waals surface area contributed by atoms with Gasteiger partial charge in [-0.2, -0.15) is 0 Å². The third-order valence-corrected chi connectivity index (χ3v) is 13.8. The summed E-state index contributed by atoms with van der Waals surface area (Å²) in [6.45, 7) is 9.84. The Morgan fingerprint density at radius 3 is 2.43 bits per heavy atom. The van der Waals surface area contributed by atoms with Crippen LogP contribution in [0.15, 0.2) is 67.3 Å². The molecule has 0 amide bonds. The lowest BCUT2D eigenvalue weighted by Crippen LogP contribution is -2.25. The molecule has 0 saturated heterocycles. The molecule has 0 radical (unpaired) electrons. The first-order valence-corrected chi connectivity index (χ1v) is 16.9. The summed E-state index contributed by atoms with van der Waals surface area (Å²) in [7, 11) is 1.51. The second kappa shape index (κ2) is 7.15. The number of rotatable bonds is 5. The van der Waals surface area contributed by atoms with Gasteiger partial charge in [0.15, 0.2) is 0 Å². The number of hydrogen-bond donors (Lipinski definition) is 0. The van der Waals surface area contributed by atoms with E-state index in [2.05, 4.69) is 80.6 Å². The van der Waals surface area contributed by atoms with Crippen LogP contribution in [0.3, 0.4) is 0 Å². The number of ether oxygens (including phenoxy) is 1. The topological polar surface area (TPSA) is 26.3 Å². The van der Waals surface area contributed by atoms with Crippen LogP contribution in [-0.2, 0) is 33.2 Å². The highest BCUT2D eigenvalue weighted by Crippen LogP contribution is 2.89. The molecule has 5 aromatic rings. The number of esters is 1. The molecule has 220 valence electrons. The first kappa shape index (κ1) is 24.5. The molecule has 46 heavy (non-hydrogen) atoms. The third kappa shape index (κ3) is 2.09. The predicted molar refractivity (Wildman–Crippen MR) is 187 cm³/mol. The van der Waals surface area contributed by atoms with Crippen molar-refractivity contribution in [3.05, 3.63) is 128 Å². The Morgan fingerprint density at radius 1 is 0.870 bits per heavy atom. The standard InChI is InChI=1S/C44H32O2/c1-21-16-25-18-24-11-8-10-23-17-26-19-27-20-42(3)43(15-9-14-29(45)46-4,28-12-6-5-7-13-28)44(42)40(21)38-33(25)32(24)31-22(2)30(23)36-34(26)35(27)41(44)39(38)37(31)36/h5-8,10-13,16-17,20H,2,9,14-15,18-19H2,1,3-4H3/b10-8-,11-8?,23-10?,24-11-. The molecule has 3 unspecified atom stereocenters.